The van der Waals surface area contributed by atoms with Crippen molar-refractivity contribution in [2.24, 2.45) is 0 Å². The molecule has 0 bridgehead atoms. The lowest BCUT2D eigenvalue weighted by Gasteiger charge is -2.06. The van der Waals surface area contributed by atoms with E-state index in [-0.39, 0.29) is 5.56 Å². The molecule has 0 aliphatic carbocycles. The molecule has 0 amide bonds. The van der Waals surface area contributed by atoms with Gasteiger partial charge in [-0.2, -0.15) is 31.1 Å². The number of benzene rings is 1. The molecular formula is C12H8F3NS. The molecule has 0 N–H and O–H groups in total. The minimum atomic E-state index is -4.44. The zero-order valence-electron chi connectivity index (χ0n) is 8.67. The van der Waals surface area contributed by atoms with E-state index >= 15 is 0 Å². The summed E-state index contributed by atoms with van der Waals surface area (Å²) in [6.45, 7) is 0. The maximum absolute atomic E-state index is 12.4. The molecule has 0 radical (unpaired) electrons. The molecule has 1 rings (SSSR count). The molecule has 88 valence electrons. The predicted molar refractivity (Wildman–Crippen MR) is 61.5 cm³/mol. The van der Waals surface area contributed by atoms with Gasteiger partial charge < -0.3 is 0 Å². The van der Waals surface area contributed by atoms with Crippen LogP contribution in [0.4, 0.5) is 13.2 Å². The zero-order valence-corrected chi connectivity index (χ0v) is 9.57. The molecule has 0 fully saturated rings. The van der Waals surface area contributed by atoms with Crippen LogP contribution >= 0.6 is 12.6 Å². The topological polar surface area (TPSA) is 23.8 Å². The Balaban J connectivity index is 3.13. The van der Waals surface area contributed by atoms with Gasteiger partial charge in [-0.3, -0.25) is 0 Å². The van der Waals surface area contributed by atoms with Gasteiger partial charge in [-0.05, 0) is 18.2 Å². The Bertz CT molecular complexity index is 503. The van der Waals surface area contributed by atoms with Gasteiger partial charge in [-0.1, -0.05) is 11.8 Å². The van der Waals surface area contributed by atoms with Crippen LogP contribution in [0.15, 0.2) is 18.2 Å². The summed E-state index contributed by atoms with van der Waals surface area (Å²) >= 11 is 3.95. The smallest absolute Gasteiger partial charge is 0.192 e. The fraction of sp³-hybridized carbons (Fsp3) is 0.250. The van der Waals surface area contributed by atoms with Gasteiger partial charge in [0.1, 0.15) is 6.07 Å². The summed E-state index contributed by atoms with van der Waals surface area (Å²) in [5, 5.41) is 8.76. The minimum Gasteiger partial charge on any atom is -0.192 e. The van der Waals surface area contributed by atoms with Crippen molar-refractivity contribution in [1.82, 2.24) is 0 Å². The molecule has 1 aromatic rings. The molecule has 1 aromatic carbocycles. The van der Waals surface area contributed by atoms with Crippen molar-refractivity contribution in [2.75, 3.05) is 5.75 Å². The molecule has 0 saturated heterocycles. The number of nitriles is 1. The Morgan fingerprint density at radius 3 is 2.47 bits per heavy atom. The second-order valence-corrected chi connectivity index (χ2v) is 3.59. The van der Waals surface area contributed by atoms with Gasteiger partial charge >= 0.3 is 6.18 Å². The summed E-state index contributed by atoms with van der Waals surface area (Å²) < 4.78 is 37.2. The van der Waals surface area contributed by atoms with Crippen molar-refractivity contribution < 1.29 is 13.2 Å². The Labute approximate surface area is 103 Å². The fourth-order valence-corrected chi connectivity index (χ4v) is 1.25. The van der Waals surface area contributed by atoms with Gasteiger partial charge in [0, 0.05) is 17.7 Å². The van der Waals surface area contributed by atoms with E-state index in [9.17, 15) is 13.2 Å². The summed E-state index contributed by atoms with van der Waals surface area (Å²) in [5.74, 6) is 5.95. The van der Waals surface area contributed by atoms with Crippen molar-refractivity contribution in [3.05, 3.63) is 34.9 Å². The SMILES string of the molecule is N#Cc1cc(C(F)(F)F)ccc1C#CCCS. The highest BCUT2D eigenvalue weighted by Gasteiger charge is 2.30. The quantitative estimate of drug-likeness (QED) is 0.604. The van der Waals surface area contributed by atoms with Crippen LogP contribution < -0.4 is 0 Å². The van der Waals surface area contributed by atoms with Gasteiger partial charge in [0.15, 0.2) is 0 Å². The number of alkyl halides is 3. The first-order valence-corrected chi connectivity index (χ1v) is 5.33. The lowest BCUT2D eigenvalue weighted by atomic mass is 10.0. The molecule has 0 atom stereocenters. The standard InChI is InChI=1S/C12H8F3NS/c13-12(14,15)11-5-4-9(3-1-2-6-17)10(7-11)8-16/h4-5,7,17H,2,6H2. The molecular weight excluding hydrogens is 247 g/mol. The molecule has 0 heterocycles. The Kier molecular flexibility index (Phi) is 4.48. The number of rotatable bonds is 1. The van der Waals surface area contributed by atoms with E-state index in [0.717, 1.165) is 12.1 Å². The molecule has 0 aromatic heterocycles. The van der Waals surface area contributed by atoms with Crippen LogP contribution in [-0.2, 0) is 6.18 Å². The first-order chi connectivity index (χ1) is 7.99. The number of thiol groups is 1. The minimum absolute atomic E-state index is 0.0634. The zero-order chi connectivity index (χ0) is 12.9. The molecule has 17 heavy (non-hydrogen) atoms. The van der Waals surface area contributed by atoms with Gasteiger partial charge in [-0.25, -0.2) is 0 Å². The van der Waals surface area contributed by atoms with Gasteiger partial charge in [0.25, 0.3) is 0 Å². The second kappa shape index (κ2) is 5.65. The average Bonchev–Trinajstić information content (AvgIpc) is 2.28. The van der Waals surface area contributed by atoms with E-state index in [1.807, 2.05) is 0 Å². The second-order valence-electron chi connectivity index (χ2n) is 3.15. The normalized spacial score (nSPS) is 10.3. The number of halogens is 3. The maximum Gasteiger partial charge on any atom is 0.416 e. The van der Waals surface area contributed by atoms with Crippen molar-refractivity contribution in [3.63, 3.8) is 0 Å². The lowest BCUT2D eigenvalue weighted by Crippen LogP contribution is -2.05. The Morgan fingerprint density at radius 1 is 1.24 bits per heavy atom. The third-order valence-electron chi connectivity index (χ3n) is 1.93. The van der Waals surface area contributed by atoms with Crippen LogP contribution in [0.25, 0.3) is 0 Å². The van der Waals surface area contributed by atoms with Crippen LogP contribution in [0.1, 0.15) is 23.1 Å². The predicted octanol–water partition coefficient (Wildman–Crippen LogP) is 3.25. The Morgan fingerprint density at radius 2 is 1.94 bits per heavy atom. The van der Waals surface area contributed by atoms with Crippen molar-refractivity contribution in [1.29, 1.82) is 5.26 Å². The molecule has 0 spiro atoms. The maximum atomic E-state index is 12.4. The van der Waals surface area contributed by atoms with Gasteiger partial charge in [0.2, 0.25) is 0 Å². The van der Waals surface area contributed by atoms with Gasteiger partial charge in [0.05, 0.1) is 11.1 Å². The molecule has 0 unspecified atom stereocenters. The highest BCUT2D eigenvalue weighted by atomic mass is 32.1. The number of hydrogen-bond donors (Lipinski definition) is 1. The van der Waals surface area contributed by atoms with Crippen LogP contribution in [0, 0.1) is 23.2 Å². The number of hydrogen-bond acceptors (Lipinski definition) is 2. The third kappa shape index (κ3) is 3.72. The van der Waals surface area contributed by atoms with Crippen LogP contribution in [0.3, 0.4) is 0 Å². The Hall–Kier alpha value is -1.59. The summed E-state index contributed by atoms with van der Waals surface area (Å²) in [6.07, 6.45) is -3.92. The first kappa shape index (κ1) is 13.5. The number of nitrogens with zero attached hydrogens (tertiary/aromatic N) is 1. The van der Waals surface area contributed by atoms with E-state index in [2.05, 4.69) is 24.5 Å². The van der Waals surface area contributed by atoms with E-state index in [1.165, 1.54) is 6.07 Å². The van der Waals surface area contributed by atoms with E-state index in [0.29, 0.717) is 17.7 Å². The summed E-state index contributed by atoms with van der Waals surface area (Å²) in [7, 11) is 0. The van der Waals surface area contributed by atoms with E-state index in [4.69, 9.17) is 5.26 Å². The van der Waals surface area contributed by atoms with E-state index in [1.54, 1.807) is 6.07 Å². The van der Waals surface area contributed by atoms with Crippen LogP contribution in [-0.4, -0.2) is 5.75 Å². The summed E-state index contributed by atoms with van der Waals surface area (Å²) in [6, 6.07) is 4.66. The fourth-order valence-electron chi connectivity index (χ4n) is 1.14. The van der Waals surface area contributed by atoms with E-state index < -0.39 is 11.7 Å². The average molecular weight is 255 g/mol. The molecule has 5 heteroatoms. The highest BCUT2D eigenvalue weighted by molar-refractivity contribution is 7.80. The molecule has 0 aliphatic heterocycles. The molecule has 1 nitrogen and oxygen atoms in total. The molecule has 0 aliphatic rings. The van der Waals surface area contributed by atoms with Crippen LogP contribution in [0.2, 0.25) is 0 Å². The largest absolute Gasteiger partial charge is 0.416 e. The first-order valence-electron chi connectivity index (χ1n) is 4.70. The lowest BCUT2D eigenvalue weighted by molar-refractivity contribution is -0.137. The monoisotopic (exact) mass is 255 g/mol. The van der Waals surface area contributed by atoms with Crippen LogP contribution in [0.5, 0.6) is 0 Å². The summed E-state index contributed by atoms with van der Waals surface area (Å²) in [5.41, 5.74) is -0.595. The van der Waals surface area contributed by atoms with Gasteiger partial charge in [-0.15, -0.1) is 0 Å². The van der Waals surface area contributed by atoms with Crippen molar-refractivity contribution in [2.45, 2.75) is 12.6 Å². The van der Waals surface area contributed by atoms with Crippen molar-refractivity contribution in [3.8, 4) is 17.9 Å². The summed E-state index contributed by atoms with van der Waals surface area (Å²) in [4.78, 5) is 0. The highest BCUT2D eigenvalue weighted by Crippen LogP contribution is 2.30. The molecule has 0 saturated carbocycles. The van der Waals surface area contributed by atoms with Crippen molar-refractivity contribution >= 4 is 12.6 Å². The third-order valence-corrected chi connectivity index (χ3v) is 2.15.